The number of nitrogens with zero attached hydrogens (tertiary/aromatic N) is 3. The highest BCUT2D eigenvalue weighted by Gasteiger charge is 2.13. The first-order chi connectivity index (χ1) is 11.7. The van der Waals surface area contributed by atoms with Gasteiger partial charge in [-0.15, -0.1) is 0 Å². The molecule has 1 aliphatic heterocycles. The molecule has 0 bridgehead atoms. The van der Waals surface area contributed by atoms with Crippen LogP contribution in [0.5, 0.6) is 11.5 Å². The molecule has 0 unspecified atom stereocenters. The highest BCUT2D eigenvalue weighted by atomic mass is 16.7. The van der Waals surface area contributed by atoms with Gasteiger partial charge in [-0.1, -0.05) is 6.07 Å². The molecule has 0 radical (unpaired) electrons. The molecule has 0 aliphatic carbocycles. The summed E-state index contributed by atoms with van der Waals surface area (Å²) >= 11 is 0. The third-order valence-corrected chi connectivity index (χ3v) is 4.06. The summed E-state index contributed by atoms with van der Waals surface area (Å²) in [5, 5.41) is 0. The van der Waals surface area contributed by atoms with E-state index in [4.69, 9.17) is 9.47 Å². The van der Waals surface area contributed by atoms with Gasteiger partial charge in [0.25, 0.3) is 0 Å². The lowest BCUT2D eigenvalue weighted by molar-refractivity contribution is 0.174. The number of fused-ring (bicyclic) bond motifs is 1. The van der Waals surface area contributed by atoms with Gasteiger partial charge in [-0.05, 0) is 44.2 Å². The maximum absolute atomic E-state index is 5.39. The first kappa shape index (κ1) is 14.5. The van der Waals surface area contributed by atoms with Crippen LogP contribution in [0, 0.1) is 13.8 Å². The fraction of sp³-hybridized carbons (Fsp3) is 0.158. The van der Waals surface area contributed by atoms with Crippen molar-refractivity contribution in [2.24, 2.45) is 4.99 Å². The molecule has 0 spiro atoms. The van der Waals surface area contributed by atoms with Gasteiger partial charge in [0.1, 0.15) is 5.82 Å². The van der Waals surface area contributed by atoms with Crippen molar-refractivity contribution in [3.63, 3.8) is 0 Å². The Hall–Kier alpha value is -3.08. The molecule has 24 heavy (non-hydrogen) atoms. The van der Waals surface area contributed by atoms with Crippen molar-refractivity contribution >= 4 is 11.9 Å². The molecule has 5 heteroatoms. The molecular weight excluding hydrogens is 302 g/mol. The second-order valence-electron chi connectivity index (χ2n) is 5.65. The largest absolute Gasteiger partial charge is 0.454 e. The van der Waals surface area contributed by atoms with Crippen molar-refractivity contribution in [3.8, 4) is 17.3 Å². The Morgan fingerprint density at radius 1 is 1.08 bits per heavy atom. The third kappa shape index (κ3) is 2.54. The van der Waals surface area contributed by atoms with Gasteiger partial charge in [0.05, 0.1) is 5.69 Å². The molecule has 0 fully saturated rings. The van der Waals surface area contributed by atoms with Crippen molar-refractivity contribution in [2.45, 2.75) is 13.8 Å². The fourth-order valence-corrected chi connectivity index (χ4v) is 2.87. The van der Waals surface area contributed by atoms with Crippen LogP contribution in [0.3, 0.4) is 0 Å². The molecule has 3 aromatic rings. The number of ether oxygens (including phenoxy) is 2. The lowest BCUT2D eigenvalue weighted by atomic mass is 10.2. The summed E-state index contributed by atoms with van der Waals surface area (Å²) in [4.78, 5) is 9.00. The normalized spacial score (nSPS) is 12.9. The number of aryl methyl sites for hydroxylation is 1. The minimum Gasteiger partial charge on any atom is -0.454 e. The number of hydrogen-bond acceptors (Lipinski definition) is 4. The molecule has 1 aromatic carbocycles. The summed E-state index contributed by atoms with van der Waals surface area (Å²) in [5.41, 5.74) is 4.13. The van der Waals surface area contributed by atoms with Crippen LogP contribution in [0.4, 0.5) is 5.69 Å². The molecule has 0 saturated heterocycles. The van der Waals surface area contributed by atoms with Gasteiger partial charge < -0.3 is 14.0 Å². The van der Waals surface area contributed by atoms with Crippen molar-refractivity contribution in [3.05, 3.63) is 65.6 Å². The Morgan fingerprint density at radius 3 is 2.79 bits per heavy atom. The van der Waals surface area contributed by atoms with Crippen molar-refractivity contribution in [2.75, 3.05) is 6.79 Å². The van der Waals surface area contributed by atoms with Gasteiger partial charge in [0.15, 0.2) is 11.5 Å². The van der Waals surface area contributed by atoms with Crippen molar-refractivity contribution in [1.29, 1.82) is 0 Å². The number of hydrogen-bond donors (Lipinski definition) is 0. The van der Waals surface area contributed by atoms with E-state index in [1.165, 1.54) is 0 Å². The van der Waals surface area contributed by atoms with Crippen LogP contribution < -0.4 is 9.47 Å². The Labute approximate surface area is 140 Å². The van der Waals surface area contributed by atoms with Crippen LogP contribution in [-0.4, -0.2) is 22.6 Å². The number of benzene rings is 1. The predicted molar refractivity (Wildman–Crippen MR) is 92.9 cm³/mol. The van der Waals surface area contributed by atoms with Crippen LogP contribution in [0.2, 0.25) is 0 Å². The zero-order valence-corrected chi connectivity index (χ0v) is 13.6. The lowest BCUT2D eigenvalue weighted by Gasteiger charge is -2.07. The molecule has 0 N–H and O–H groups in total. The van der Waals surface area contributed by atoms with E-state index in [0.29, 0.717) is 0 Å². The van der Waals surface area contributed by atoms with E-state index in [2.05, 4.69) is 34.5 Å². The quantitative estimate of drug-likeness (QED) is 0.686. The van der Waals surface area contributed by atoms with Crippen LogP contribution in [0.1, 0.15) is 17.0 Å². The third-order valence-electron chi connectivity index (χ3n) is 4.06. The highest BCUT2D eigenvalue weighted by Crippen LogP contribution is 2.35. The maximum atomic E-state index is 5.39. The molecular formula is C19H17N3O2. The lowest BCUT2D eigenvalue weighted by Crippen LogP contribution is -2.01. The molecule has 0 atom stereocenters. The minimum absolute atomic E-state index is 0.272. The van der Waals surface area contributed by atoms with Crippen molar-refractivity contribution < 1.29 is 9.47 Å². The Balaban J connectivity index is 1.66. The summed E-state index contributed by atoms with van der Waals surface area (Å²) < 4.78 is 12.8. The van der Waals surface area contributed by atoms with E-state index in [0.717, 1.165) is 40.0 Å². The second-order valence-corrected chi connectivity index (χ2v) is 5.65. The summed E-state index contributed by atoms with van der Waals surface area (Å²) in [6.45, 7) is 4.41. The first-order valence-electron chi connectivity index (χ1n) is 7.76. The summed E-state index contributed by atoms with van der Waals surface area (Å²) in [7, 11) is 0. The number of rotatable bonds is 3. The van der Waals surface area contributed by atoms with Crippen LogP contribution in [-0.2, 0) is 0 Å². The average Bonchev–Trinajstić information content (AvgIpc) is 3.17. The highest BCUT2D eigenvalue weighted by molar-refractivity contribution is 5.84. The monoisotopic (exact) mass is 319 g/mol. The summed E-state index contributed by atoms with van der Waals surface area (Å²) in [6.07, 6.45) is 3.67. The van der Waals surface area contributed by atoms with E-state index in [-0.39, 0.29) is 6.79 Å². The van der Waals surface area contributed by atoms with Gasteiger partial charge in [0.2, 0.25) is 6.79 Å². The molecule has 3 heterocycles. The molecule has 0 amide bonds. The Kier molecular flexibility index (Phi) is 3.54. The Bertz CT molecular complexity index is 914. The zero-order valence-electron chi connectivity index (χ0n) is 13.6. The van der Waals surface area contributed by atoms with E-state index in [1.54, 1.807) is 6.20 Å². The molecule has 4 rings (SSSR count). The number of aliphatic imine (C=N–C) groups is 1. The summed E-state index contributed by atoms with van der Waals surface area (Å²) in [6, 6.07) is 13.7. The second kappa shape index (κ2) is 5.85. The van der Waals surface area contributed by atoms with Gasteiger partial charge in [0, 0.05) is 35.4 Å². The van der Waals surface area contributed by atoms with Crippen LogP contribution in [0.25, 0.3) is 5.82 Å². The van der Waals surface area contributed by atoms with Gasteiger partial charge >= 0.3 is 0 Å². The van der Waals surface area contributed by atoms with E-state index >= 15 is 0 Å². The Morgan fingerprint density at radius 2 is 1.96 bits per heavy atom. The van der Waals surface area contributed by atoms with Crippen molar-refractivity contribution in [1.82, 2.24) is 9.55 Å². The van der Waals surface area contributed by atoms with Gasteiger partial charge in [-0.2, -0.15) is 0 Å². The van der Waals surface area contributed by atoms with Crippen LogP contribution >= 0.6 is 0 Å². The zero-order chi connectivity index (χ0) is 16.5. The topological polar surface area (TPSA) is 48.6 Å². The predicted octanol–water partition coefficient (Wildman–Crippen LogP) is 3.97. The SMILES string of the molecule is Cc1cc(C=Nc2ccc3c(c2)OCO3)c(C)n1-c1ccccn1. The standard InChI is InChI=1S/C19H17N3O2/c1-13-9-15(14(2)22(13)19-5-3-4-8-20-19)11-21-16-6-7-17-18(10-16)24-12-23-17/h3-11H,12H2,1-2H3. The smallest absolute Gasteiger partial charge is 0.231 e. The van der Waals surface area contributed by atoms with Crippen LogP contribution in [0.15, 0.2) is 53.7 Å². The molecule has 5 nitrogen and oxygen atoms in total. The minimum atomic E-state index is 0.272. The number of pyridine rings is 1. The molecule has 2 aromatic heterocycles. The first-order valence-corrected chi connectivity index (χ1v) is 7.76. The van der Waals surface area contributed by atoms with Gasteiger partial charge in [-0.3, -0.25) is 4.99 Å². The summed E-state index contributed by atoms with van der Waals surface area (Å²) in [5.74, 6) is 2.42. The van der Waals surface area contributed by atoms with E-state index < -0.39 is 0 Å². The number of aromatic nitrogens is 2. The fourth-order valence-electron chi connectivity index (χ4n) is 2.87. The molecule has 1 aliphatic rings. The van der Waals surface area contributed by atoms with Gasteiger partial charge in [-0.25, -0.2) is 4.98 Å². The average molecular weight is 319 g/mol. The maximum Gasteiger partial charge on any atom is 0.231 e. The van der Waals surface area contributed by atoms with E-state index in [1.807, 2.05) is 42.6 Å². The molecule has 120 valence electrons. The molecule has 0 saturated carbocycles. The van der Waals surface area contributed by atoms with E-state index in [9.17, 15) is 0 Å².